The smallest absolute Gasteiger partial charge is 0.234 e. The molecule has 4 heteroatoms. The Bertz CT molecular complexity index is 240. The summed E-state index contributed by atoms with van der Waals surface area (Å²) >= 11 is 0. The van der Waals surface area contributed by atoms with Gasteiger partial charge in [0.25, 0.3) is 0 Å². The van der Waals surface area contributed by atoms with E-state index in [4.69, 9.17) is 4.74 Å². The second-order valence-corrected chi connectivity index (χ2v) is 5.56. The van der Waals surface area contributed by atoms with Crippen LogP contribution in [0.3, 0.4) is 0 Å². The van der Waals surface area contributed by atoms with Crippen molar-refractivity contribution < 1.29 is 9.53 Å². The highest BCUT2D eigenvalue weighted by molar-refractivity contribution is 5.78. The van der Waals surface area contributed by atoms with Gasteiger partial charge in [-0.05, 0) is 26.2 Å². The number of hydrogen-bond acceptors (Lipinski definition) is 3. The van der Waals surface area contributed by atoms with Crippen LogP contribution in [0.15, 0.2) is 0 Å². The molecule has 1 fully saturated rings. The van der Waals surface area contributed by atoms with Crippen LogP contribution in [-0.4, -0.2) is 37.7 Å². The molecule has 112 valence electrons. The van der Waals surface area contributed by atoms with Crippen LogP contribution in [-0.2, 0) is 9.53 Å². The Hall–Kier alpha value is -0.610. The standard InChI is InChI=1S/C15H30N2O2/c1-3-7-13(2)17-15(18)12-16-10-11-19-14-8-5-4-6-9-14/h13-14,16H,3-12H2,1-2H3,(H,17,18). The van der Waals surface area contributed by atoms with Crippen LogP contribution in [0.4, 0.5) is 0 Å². The van der Waals surface area contributed by atoms with Crippen molar-refractivity contribution in [3.05, 3.63) is 0 Å². The van der Waals surface area contributed by atoms with Gasteiger partial charge < -0.3 is 15.4 Å². The lowest BCUT2D eigenvalue weighted by Crippen LogP contribution is -2.40. The van der Waals surface area contributed by atoms with E-state index in [9.17, 15) is 4.79 Å². The molecule has 0 aromatic carbocycles. The van der Waals surface area contributed by atoms with Crippen molar-refractivity contribution in [3.63, 3.8) is 0 Å². The van der Waals surface area contributed by atoms with Crippen molar-refractivity contribution in [2.75, 3.05) is 19.7 Å². The highest BCUT2D eigenvalue weighted by Crippen LogP contribution is 2.19. The normalized spacial score (nSPS) is 18.2. The third-order valence-corrected chi connectivity index (χ3v) is 3.60. The summed E-state index contributed by atoms with van der Waals surface area (Å²) in [6.45, 7) is 6.04. The molecule has 0 saturated heterocycles. The van der Waals surface area contributed by atoms with Gasteiger partial charge in [0.2, 0.25) is 5.91 Å². The Morgan fingerprint density at radius 3 is 2.74 bits per heavy atom. The third-order valence-electron chi connectivity index (χ3n) is 3.60. The van der Waals surface area contributed by atoms with Crippen LogP contribution in [0.5, 0.6) is 0 Å². The zero-order chi connectivity index (χ0) is 13.9. The summed E-state index contributed by atoms with van der Waals surface area (Å²) < 4.78 is 5.79. The van der Waals surface area contributed by atoms with Gasteiger partial charge in [-0.3, -0.25) is 4.79 Å². The fourth-order valence-electron chi connectivity index (χ4n) is 2.56. The van der Waals surface area contributed by atoms with E-state index in [-0.39, 0.29) is 11.9 Å². The molecule has 0 spiro atoms. The van der Waals surface area contributed by atoms with Crippen molar-refractivity contribution >= 4 is 5.91 Å². The lowest BCUT2D eigenvalue weighted by molar-refractivity contribution is -0.120. The van der Waals surface area contributed by atoms with Crippen molar-refractivity contribution in [2.45, 2.75) is 70.9 Å². The van der Waals surface area contributed by atoms with Crippen molar-refractivity contribution in [1.82, 2.24) is 10.6 Å². The molecule has 19 heavy (non-hydrogen) atoms. The summed E-state index contributed by atoms with van der Waals surface area (Å²) in [4.78, 5) is 11.6. The summed E-state index contributed by atoms with van der Waals surface area (Å²) in [6.07, 6.45) is 8.96. The number of rotatable bonds is 9. The zero-order valence-corrected chi connectivity index (χ0v) is 12.5. The van der Waals surface area contributed by atoms with Crippen molar-refractivity contribution in [3.8, 4) is 0 Å². The van der Waals surface area contributed by atoms with Gasteiger partial charge in [0.1, 0.15) is 0 Å². The van der Waals surface area contributed by atoms with E-state index in [0.717, 1.165) is 19.4 Å². The summed E-state index contributed by atoms with van der Waals surface area (Å²) in [5.74, 6) is 0.0821. The minimum absolute atomic E-state index is 0.0821. The first-order valence-corrected chi connectivity index (χ1v) is 7.84. The predicted octanol–water partition coefficient (Wildman–Crippen LogP) is 2.23. The maximum absolute atomic E-state index is 11.6. The summed E-state index contributed by atoms with van der Waals surface area (Å²) in [6, 6.07) is 0.276. The van der Waals surface area contributed by atoms with Gasteiger partial charge >= 0.3 is 0 Å². The Morgan fingerprint density at radius 1 is 1.32 bits per heavy atom. The monoisotopic (exact) mass is 270 g/mol. The van der Waals surface area contributed by atoms with Crippen LogP contribution >= 0.6 is 0 Å². The third kappa shape index (κ3) is 8.22. The topological polar surface area (TPSA) is 50.4 Å². The molecule has 1 atom stereocenters. The number of carbonyl (C=O) groups excluding carboxylic acids is 1. The molecule has 0 heterocycles. The van der Waals surface area contributed by atoms with Crippen LogP contribution in [0.1, 0.15) is 58.8 Å². The average Bonchev–Trinajstić information content (AvgIpc) is 2.39. The molecule has 1 aliphatic rings. The Kier molecular flexibility index (Phi) is 8.84. The van der Waals surface area contributed by atoms with E-state index in [1.807, 2.05) is 6.92 Å². The predicted molar refractivity (Wildman–Crippen MR) is 78.2 cm³/mol. The van der Waals surface area contributed by atoms with Crippen LogP contribution in [0.25, 0.3) is 0 Å². The Morgan fingerprint density at radius 2 is 2.05 bits per heavy atom. The van der Waals surface area contributed by atoms with E-state index < -0.39 is 0 Å². The largest absolute Gasteiger partial charge is 0.377 e. The van der Waals surface area contributed by atoms with Crippen molar-refractivity contribution in [2.24, 2.45) is 0 Å². The fourth-order valence-corrected chi connectivity index (χ4v) is 2.56. The minimum Gasteiger partial charge on any atom is -0.377 e. The van der Waals surface area contributed by atoms with Gasteiger partial charge in [-0.1, -0.05) is 32.6 Å². The van der Waals surface area contributed by atoms with Crippen molar-refractivity contribution in [1.29, 1.82) is 0 Å². The van der Waals surface area contributed by atoms with Crippen LogP contribution < -0.4 is 10.6 Å². The van der Waals surface area contributed by atoms with E-state index in [1.54, 1.807) is 0 Å². The first kappa shape index (κ1) is 16.4. The Balaban J connectivity index is 1.93. The first-order chi connectivity index (χ1) is 9.22. The number of carbonyl (C=O) groups is 1. The highest BCUT2D eigenvalue weighted by Gasteiger charge is 2.13. The molecule has 1 aliphatic carbocycles. The first-order valence-electron chi connectivity index (χ1n) is 7.84. The van der Waals surface area contributed by atoms with Crippen LogP contribution in [0, 0.1) is 0 Å². The average molecular weight is 270 g/mol. The summed E-state index contributed by atoms with van der Waals surface area (Å²) in [5, 5.41) is 6.11. The Labute approximate surface area is 117 Å². The molecule has 0 radical (unpaired) electrons. The van der Waals surface area contributed by atoms with Gasteiger partial charge in [-0.2, -0.15) is 0 Å². The fraction of sp³-hybridized carbons (Fsp3) is 0.933. The maximum Gasteiger partial charge on any atom is 0.234 e. The molecule has 0 aromatic heterocycles. The maximum atomic E-state index is 11.6. The van der Waals surface area contributed by atoms with Gasteiger partial charge in [0.05, 0.1) is 19.3 Å². The molecule has 1 saturated carbocycles. The number of ether oxygens (including phenoxy) is 1. The highest BCUT2D eigenvalue weighted by atomic mass is 16.5. The van der Waals surface area contributed by atoms with E-state index in [0.29, 0.717) is 19.3 Å². The van der Waals surface area contributed by atoms with E-state index in [2.05, 4.69) is 17.6 Å². The molecule has 4 nitrogen and oxygen atoms in total. The molecular weight excluding hydrogens is 240 g/mol. The molecule has 0 aromatic rings. The second kappa shape index (κ2) is 10.2. The SMILES string of the molecule is CCCC(C)NC(=O)CNCCOC1CCCCC1. The quantitative estimate of drug-likeness (QED) is 0.632. The van der Waals surface area contributed by atoms with Gasteiger partial charge in [-0.25, -0.2) is 0 Å². The number of amides is 1. The summed E-state index contributed by atoms with van der Waals surface area (Å²) in [7, 11) is 0. The molecule has 0 aliphatic heterocycles. The number of hydrogen-bond donors (Lipinski definition) is 2. The zero-order valence-electron chi connectivity index (χ0n) is 12.5. The molecule has 1 amide bonds. The molecule has 1 unspecified atom stereocenters. The van der Waals surface area contributed by atoms with Gasteiger partial charge in [-0.15, -0.1) is 0 Å². The molecule has 2 N–H and O–H groups in total. The van der Waals surface area contributed by atoms with E-state index in [1.165, 1.54) is 32.1 Å². The molecular formula is C15H30N2O2. The molecule has 0 bridgehead atoms. The minimum atomic E-state index is 0.0821. The van der Waals surface area contributed by atoms with Gasteiger partial charge in [0.15, 0.2) is 0 Å². The second-order valence-electron chi connectivity index (χ2n) is 5.56. The lowest BCUT2D eigenvalue weighted by Gasteiger charge is -2.22. The summed E-state index contributed by atoms with van der Waals surface area (Å²) in [5.41, 5.74) is 0. The lowest BCUT2D eigenvalue weighted by atomic mass is 9.98. The van der Waals surface area contributed by atoms with E-state index >= 15 is 0 Å². The molecule has 1 rings (SSSR count). The van der Waals surface area contributed by atoms with Gasteiger partial charge in [0, 0.05) is 12.6 Å². The van der Waals surface area contributed by atoms with Crippen LogP contribution in [0.2, 0.25) is 0 Å². The number of nitrogens with one attached hydrogen (secondary N) is 2.